The number of nitrogens with one attached hydrogen (secondary N) is 1. The van der Waals surface area contributed by atoms with E-state index in [-0.39, 0.29) is 24.8 Å². The second-order valence-electron chi connectivity index (χ2n) is 6.75. The van der Waals surface area contributed by atoms with Gasteiger partial charge in [0, 0.05) is 32.6 Å². The lowest BCUT2D eigenvalue weighted by molar-refractivity contribution is -0.139. The molecule has 0 unspecified atom stereocenters. The normalized spacial score (nSPS) is 17.1. The molecule has 1 aromatic rings. The lowest BCUT2D eigenvalue weighted by atomic mass is 10.1. The predicted octanol–water partition coefficient (Wildman–Crippen LogP) is 0.696. The van der Waals surface area contributed by atoms with Crippen molar-refractivity contribution in [2.45, 2.75) is 57.5 Å². The maximum absolute atomic E-state index is 12.9. The van der Waals surface area contributed by atoms with E-state index in [1.807, 2.05) is 0 Å². The summed E-state index contributed by atoms with van der Waals surface area (Å²) in [5.41, 5.74) is 6.82. The molecule has 9 nitrogen and oxygen atoms in total. The highest BCUT2D eigenvalue weighted by Gasteiger charge is 2.29. The summed E-state index contributed by atoms with van der Waals surface area (Å²) >= 11 is 0. The Kier molecular flexibility index (Phi) is 7.99. The number of carbonyl (C=O) groups excluding carboxylic acids is 1. The minimum absolute atomic E-state index is 0.0970. The average Bonchev–Trinajstić information content (AvgIpc) is 3.12. The standard InChI is InChI=1S/C17H30N6O3/c1-2-3-4-5-13(18)14-12-23(21-20-14)15(6-7-16(24)25)17(26)22-10-8-19-9-11-22/h12-13,15,19H,2-11,18H2,1H3,(H,24,25)/t13-,15-/m0/s1. The number of hydrogen-bond acceptors (Lipinski definition) is 6. The van der Waals surface area contributed by atoms with Crippen LogP contribution in [0.2, 0.25) is 0 Å². The molecule has 26 heavy (non-hydrogen) atoms. The predicted molar refractivity (Wildman–Crippen MR) is 96.4 cm³/mol. The quantitative estimate of drug-likeness (QED) is 0.520. The zero-order valence-corrected chi connectivity index (χ0v) is 15.4. The lowest BCUT2D eigenvalue weighted by Crippen LogP contribution is -2.48. The topological polar surface area (TPSA) is 126 Å². The van der Waals surface area contributed by atoms with Crippen LogP contribution in [-0.2, 0) is 9.59 Å². The molecule has 2 atom stereocenters. The van der Waals surface area contributed by atoms with E-state index in [1.165, 1.54) is 4.68 Å². The monoisotopic (exact) mass is 366 g/mol. The van der Waals surface area contributed by atoms with Crippen molar-refractivity contribution in [3.05, 3.63) is 11.9 Å². The second kappa shape index (κ2) is 10.2. The van der Waals surface area contributed by atoms with Crippen LogP contribution in [0.15, 0.2) is 6.20 Å². The summed E-state index contributed by atoms with van der Waals surface area (Å²) in [4.78, 5) is 25.6. The van der Waals surface area contributed by atoms with Crippen molar-refractivity contribution in [3.63, 3.8) is 0 Å². The number of aromatic nitrogens is 3. The number of hydrogen-bond donors (Lipinski definition) is 3. The molecule has 1 aliphatic rings. The fraction of sp³-hybridized carbons (Fsp3) is 0.765. The number of nitrogens with zero attached hydrogens (tertiary/aromatic N) is 4. The molecule has 0 saturated carbocycles. The number of carboxylic acid groups (broad SMARTS) is 1. The maximum Gasteiger partial charge on any atom is 0.303 e. The maximum atomic E-state index is 12.9. The van der Waals surface area contributed by atoms with Crippen LogP contribution in [0.4, 0.5) is 0 Å². The number of rotatable bonds is 10. The summed E-state index contributed by atoms with van der Waals surface area (Å²) in [5, 5.41) is 20.4. The summed E-state index contributed by atoms with van der Waals surface area (Å²) in [7, 11) is 0. The summed E-state index contributed by atoms with van der Waals surface area (Å²) in [6, 6.07) is -0.877. The van der Waals surface area contributed by atoms with Gasteiger partial charge in [-0.05, 0) is 12.8 Å². The molecule has 2 heterocycles. The largest absolute Gasteiger partial charge is 0.481 e. The first-order valence-corrected chi connectivity index (χ1v) is 9.41. The molecule has 1 fully saturated rings. The van der Waals surface area contributed by atoms with E-state index in [2.05, 4.69) is 22.6 Å². The van der Waals surface area contributed by atoms with Gasteiger partial charge in [-0.15, -0.1) is 5.10 Å². The van der Waals surface area contributed by atoms with Crippen molar-refractivity contribution in [3.8, 4) is 0 Å². The molecule has 1 saturated heterocycles. The van der Waals surface area contributed by atoms with E-state index in [9.17, 15) is 9.59 Å². The van der Waals surface area contributed by atoms with E-state index in [0.717, 1.165) is 38.8 Å². The molecule has 1 aromatic heterocycles. The number of carboxylic acids is 1. The molecule has 146 valence electrons. The van der Waals surface area contributed by atoms with Crippen LogP contribution in [0.3, 0.4) is 0 Å². The van der Waals surface area contributed by atoms with Gasteiger partial charge in [-0.25, -0.2) is 4.68 Å². The highest BCUT2D eigenvalue weighted by molar-refractivity contribution is 5.81. The molecule has 0 aliphatic carbocycles. The van der Waals surface area contributed by atoms with Gasteiger partial charge < -0.3 is 21.1 Å². The minimum atomic E-state index is -0.931. The number of amides is 1. The Hall–Kier alpha value is -2.00. The molecule has 0 radical (unpaired) electrons. The van der Waals surface area contributed by atoms with Crippen molar-refractivity contribution in [2.24, 2.45) is 5.73 Å². The van der Waals surface area contributed by atoms with Crippen molar-refractivity contribution >= 4 is 11.9 Å². The Morgan fingerprint density at radius 3 is 2.69 bits per heavy atom. The highest BCUT2D eigenvalue weighted by atomic mass is 16.4. The summed E-state index contributed by atoms with van der Waals surface area (Å²) < 4.78 is 1.49. The molecule has 2 rings (SSSR count). The van der Waals surface area contributed by atoms with Crippen LogP contribution in [0.25, 0.3) is 0 Å². The molecule has 1 amide bonds. The molecular formula is C17H30N6O3. The Balaban J connectivity index is 2.09. The molecule has 0 bridgehead atoms. The Bertz CT molecular complexity index is 585. The summed E-state index contributed by atoms with van der Waals surface area (Å²) in [5.74, 6) is -1.04. The summed E-state index contributed by atoms with van der Waals surface area (Å²) in [6.45, 7) is 4.84. The molecule has 4 N–H and O–H groups in total. The van der Waals surface area contributed by atoms with E-state index in [0.29, 0.717) is 18.8 Å². The second-order valence-corrected chi connectivity index (χ2v) is 6.75. The lowest BCUT2D eigenvalue weighted by Gasteiger charge is -2.30. The van der Waals surface area contributed by atoms with Gasteiger partial charge in [0.25, 0.3) is 0 Å². The van der Waals surface area contributed by atoms with Gasteiger partial charge in [0.2, 0.25) is 5.91 Å². The van der Waals surface area contributed by atoms with E-state index in [1.54, 1.807) is 11.1 Å². The van der Waals surface area contributed by atoms with Crippen molar-refractivity contribution in [1.82, 2.24) is 25.2 Å². The van der Waals surface area contributed by atoms with Crippen molar-refractivity contribution in [1.29, 1.82) is 0 Å². The van der Waals surface area contributed by atoms with Crippen LogP contribution in [0, 0.1) is 0 Å². The van der Waals surface area contributed by atoms with Crippen LogP contribution in [-0.4, -0.2) is 63.1 Å². The van der Waals surface area contributed by atoms with Gasteiger partial charge in [0.05, 0.1) is 17.9 Å². The Morgan fingerprint density at radius 1 is 1.31 bits per heavy atom. The third-order valence-corrected chi connectivity index (χ3v) is 4.69. The van der Waals surface area contributed by atoms with Crippen LogP contribution in [0.5, 0.6) is 0 Å². The van der Waals surface area contributed by atoms with Gasteiger partial charge >= 0.3 is 5.97 Å². The molecule has 0 spiro atoms. The van der Waals surface area contributed by atoms with E-state index in [4.69, 9.17) is 10.8 Å². The third-order valence-electron chi connectivity index (χ3n) is 4.69. The molecule has 0 aromatic carbocycles. The first kappa shape index (κ1) is 20.3. The minimum Gasteiger partial charge on any atom is -0.481 e. The Labute approximate surface area is 153 Å². The van der Waals surface area contributed by atoms with Crippen LogP contribution >= 0.6 is 0 Å². The average molecular weight is 366 g/mol. The fourth-order valence-electron chi connectivity index (χ4n) is 3.10. The number of unbranched alkanes of at least 4 members (excludes halogenated alkanes) is 2. The number of nitrogens with two attached hydrogens (primary N) is 1. The van der Waals surface area contributed by atoms with Gasteiger partial charge in [0.1, 0.15) is 6.04 Å². The number of carbonyl (C=O) groups is 2. The van der Waals surface area contributed by atoms with Crippen LogP contribution < -0.4 is 11.1 Å². The third kappa shape index (κ3) is 5.77. The van der Waals surface area contributed by atoms with E-state index < -0.39 is 12.0 Å². The first-order chi connectivity index (χ1) is 12.5. The van der Waals surface area contributed by atoms with Gasteiger partial charge in [-0.1, -0.05) is 31.4 Å². The van der Waals surface area contributed by atoms with Gasteiger partial charge in [-0.2, -0.15) is 0 Å². The van der Waals surface area contributed by atoms with Crippen molar-refractivity contribution in [2.75, 3.05) is 26.2 Å². The zero-order valence-electron chi connectivity index (χ0n) is 15.4. The SMILES string of the molecule is CCCCC[C@H](N)c1cn([C@@H](CCC(=O)O)C(=O)N2CCNCC2)nn1. The smallest absolute Gasteiger partial charge is 0.303 e. The van der Waals surface area contributed by atoms with Gasteiger partial charge in [-0.3, -0.25) is 9.59 Å². The van der Waals surface area contributed by atoms with E-state index >= 15 is 0 Å². The van der Waals surface area contributed by atoms with Gasteiger partial charge in [0.15, 0.2) is 0 Å². The number of aliphatic carboxylic acids is 1. The van der Waals surface area contributed by atoms with Crippen LogP contribution in [0.1, 0.15) is 63.2 Å². The Morgan fingerprint density at radius 2 is 2.04 bits per heavy atom. The van der Waals surface area contributed by atoms with Crippen molar-refractivity contribution < 1.29 is 14.7 Å². The molecule has 1 aliphatic heterocycles. The molecule has 9 heteroatoms. The first-order valence-electron chi connectivity index (χ1n) is 9.41. The highest BCUT2D eigenvalue weighted by Crippen LogP contribution is 2.20. The molecular weight excluding hydrogens is 336 g/mol. The fourth-order valence-corrected chi connectivity index (χ4v) is 3.10. The zero-order chi connectivity index (χ0) is 18.9. The number of piperazine rings is 1. The summed E-state index contributed by atoms with van der Waals surface area (Å²) in [6.07, 6.45) is 5.86.